The number of rotatable bonds is 9. The fourth-order valence-electron chi connectivity index (χ4n) is 5.72. The summed E-state index contributed by atoms with van der Waals surface area (Å²) in [6.45, 7) is 13.3. The molecule has 5 amide bonds. The molecule has 12 heteroatoms. The van der Waals surface area contributed by atoms with Gasteiger partial charge >= 0.3 is 17.9 Å². The topological polar surface area (TPSA) is 131 Å². The third-order valence-electron chi connectivity index (χ3n) is 8.25. The second kappa shape index (κ2) is 14.9. The van der Waals surface area contributed by atoms with Crippen molar-refractivity contribution in [1.82, 2.24) is 15.5 Å². The van der Waals surface area contributed by atoms with Crippen LogP contribution in [0.5, 0.6) is 0 Å². The number of halogens is 1. The fourth-order valence-corrected chi connectivity index (χ4v) is 5.72. The lowest BCUT2D eigenvalue weighted by Crippen LogP contribution is -2.68. The molecule has 44 heavy (non-hydrogen) atoms. The number of allylic oxidation sites excluding steroid dienone is 2. The number of quaternary nitrogens is 1. The Morgan fingerprint density at radius 3 is 2.07 bits per heavy atom. The summed E-state index contributed by atoms with van der Waals surface area (Å²) in [5, 5.41) is 5.57. The number of nitrogens with one attached hydrogen (secondary N) is 2. The van der Waals surface area contributed by atoms with Crippen LogP contribution >= 0.6 is 0 Å². The molecule has 2 heterocycles. The molecular formula is C32H46FN4O7+. The van der Waals surface area contributed by atoms with Crippen molar-refractivity contribution < 1.29 is 42.3 Å². The molecule has 242 valence electrons. The Labute approximate surface area is 258 Å². The predicted octanol–water partition coefficient (Wildman–Crippen LogP) is 3.94. The van der Waals surface area contributed by atoms with E-state index < -0.39 is 52.5 Å². The fraction of sp³-hybridized carbons (Fsp3) is 0.594. The monoisotopic (exact) mass is 617 g/mol. The first kappa shape index (κ1) is 34.8. The van der Waals surface area contributed by atoms with E-state index in [0.717, 1.165) is 6.92 Å². The lowest BCUT2D eigenvalue weighted by atomic mass is 9.99. The molecule has 0 aromatic heterocycles. The number of benzene rings is 1. The summed E-state index contributed by atoms with van der Waals surface area (Å²) < 4.78 is 24.4. The van der Waals surface area contributed by atoms with Crippen LogP contribution in [-0.4, -0.2) is 90.2 Å². The number of carbonyl (C=O) groups is 5. The Kier molecular flexibility index (Phi) is 11.8. The van der Waals surface area contributed by atoms with E-state index in [4.69, 9.17) is 9.47 Å². The van der Waals surface area contributed by atoms with E-state index in [9.17, 15) is 28.4 Å². The Morgan fingerprint density at radius 1 is 1.00 bits per heavy atom. The van der Waals surface area contributed by atoms with Crippen molar-refractivity contribution in [3.8, 4) is 0 Å². The molecule has 2 aliphatic rings. The van der Waals surface area contributed by atoms with Crippen LogP contribution in [0.25, 0.3) is 0 Å². The van der Waals surface area contributed by atoms with Gasteiger partial charge in [0, 0.05) is 44.0 Å². The van der Waals surface area contributed by atoms with Crippen LogP contribution in [0.1, 0.15) is 82.0 Å². The largest absolute Gasteiger partial charge is 0.428 e. The summed E-state index contributed by atoms with van der Waals surface area (Å²) in [7, 11) is 0. The SMILES string of the molecule is CC(=O)OC(=C(NC(=O)[N+]1(C(=O)[C@@H](NC(=O)c2ccc(C(=O)N3CCOCC3)cc2)C(C)C)CCC[C@H]1C)C(C)C)C(C)F. The zero-order valence-corrected chi connectivity index (χ0v) is 26.8. The van der Waals surface area contributed by atoms with Crippen molar-refractivity contribution in [3.63, 3.8) is 0 Å². The molecule has 2 fully saturated rings. The van der Waals surface area contributed by atoms with E-state index in [1.165, 1.54) is 19.1 Å². The number of ether oxygens (including phenoxy) is 2. The number of morpholine rings is 1. The van der Waals surface area contributed by atoms with Crippen molar-refractivity contribution >= 4 is 29.7 Å². The van der Waals surface area contributed by atoms with Gasteiger partial charge in [-0.15, -0.1) is 0 Å². The third-order valence-corrected chi connectivity index (χ3v) is 8.25. The number of hydrogen-bond acceptors (Lipinski definition) is 7. The summed E-state index contributed by atoms with van der Waals surface area (Å²) >= 11 is 0. The molecule has 0 aliphatic carbocycles. The third kappa shape index (κ3) is 7.71. The molecule has 2 unspecified atom stereocenters. The van der Waals surface area contributed by atoms with E-state index in [1.807, 2.05) is 0 Å². The standard InChI is InChI=1S/C32H45FN4O7/c1-19(2)26(28(22(6)33)44-23(7)38)35-32(42)37(16-8-9-21(37)5)31(41)27(20(3)4)34-29(39)24-10-12-25(13-11-24)30(40)36-14-17-43-18-15-36/h10-13,19-22,27H,8-9,14-18H2,1-7H3,(H-,34,35,39,42)/p+1/t21-,22?,27+,37?/m1/s1. The number of urea groups is 1. The van der Waals surface area contributed by atoms with Crippen molar-refractivity contribution in [1.29, 1.82) is 0 Å². The number of imide groups is 1. The highest BCUT2D eigenvalue weighted by Gasteiger charge is 2.56. The van der Waals surface area contributed by atoms with Crippen LogP contribution in [0.2, 0.25) is 0 Å². The van der Waals surface area contributed by atoms with Gasteiger partial charge in [0.2, 0.25) is 0 Å². The molecule has 1 aromatic rings. The molecule has 0 bridgehead atoms. The zero-order chi connectivity index (χ0) is 32.8. The van der Waals surface area contributed by atoms with Gasteiger partial charge in [0.15, 0.2) is 11.9 Å². The lowest BCUT2D eigenvalue weighted by Gasteiger charge is -2.37. The highest BCUT2D eigenvalue weighted by atomic mass is 19.1. The molecule has 0 radical (unpaired) electrons. The molecule has 2 aliphatic heterocycles. The van der Waals surface area contributed by atoms with E-state index in [-0.39, 0.29) is 35.4 Å². The summed E-state index contributed by atoms with van der Waals surface area (Å²) in [5.74, 6) is -2.98. The maximum Gasteiger partial charge on any atom is 0.428 e. The van der Waals surface area contributed by atoms with Gasteiger partial charge in [-0.1, -0.05) is 27.7 Å². The lowest BCUT2D eigenvalue weighted by molar-refractivity contribution is -0.785. The minimum Gasteiger partial charge on any atom is -0.426 e. The van der Waals surface area contributed by atoms with E-state index in [2.05, 4.69) is 10.6 Å². The van der Waals surface area contributed by atoms with Gasteiger partial charge in [0.05, 0.1) is 25.5 Å². The van der Waals surface area contributed by atoms with Crippen LogP contribution < -0.4 is 10.6 Å². The summed E-state index contributed by atoms with van der Waals surface area (Å²) in [4.78, 5) is 68.0. The molecule has 1 aromatic carbocycles. The average molecular weight is 618 g/mol. The van der Waals surface area contributed by atoms with Gasteiger partial charge < -0.3 is 19.7 Å². The van der Waals surface area contributed by atoms with E-state index in [1.54, 1.807) is 51.7 Å². The highest BCUT2D eigenvalue weighted by Crippen LogP contribution is 2.31. The molecule has 0 spiro atoms. The first-order valence-electron chi connectivity index (χ1n) is 15.3. The average Bonchev–Trinajstić information content (AvgIpc) is 3.38. The summed E-state index contributed by atoms with van der Waals surface area (Å²) in [6.07, 6.45) is -0.502. The number of hydrogen-bond donors (Lipinski definition) is 2. The Morgan fingerprint density at radius 2 is 1.59 bits per heavy atom. The summed E-state index contributed by atoms with van der Waals surface area (Å²) in [6, 6.07) is 4.12. The molecule has 2 saturated heterocycles. The second-order valence-corrected chi connectivity index (χ2v) is 12.2. The Bertz CT molecular complexity index is 1270. The van der Waals surface area contributed by atoms with Gasteiger partial charge in [-0.2, -0.15) is 4.48 Å². The van der Waals surface area contributed by atoms with Crippen molar-refractivity contribution in [3.05, 3.63) is 46.8 Å². The quantitative estimate of drug-likeness (QED) is 0.244. The van der Waals surface area contributed by atoms with Gasteiger partial charge in [-0.25, -0.2) is 14.0 Å². The summed E-state index contributed by atoms with van der Waals surface area (Å²) in [5.41, 5.74) is 0.790. The first-order valence-corrected chi connectivity index (χ1v) is 15.3. The highest BCUT2D eigenvalue weighted by molar-refractivity contribution is 6.00. The van der Waals surface area contributed by atoms with Crippen molar-refractivity contribution in [2.24, 2.45) is 11.8 Å². The number of amides is 5. The molecule has 0 saturated carbocycles. The van der Waals surface area contributed by atoms with Crippen LogP contribution in [0.15, 0.2) is 35.7 Å². The zero-order valence-electron chi connectivity index (χ0n) is 26.8. The number of alkyl halides is 1. The number of esters is 1. The van der Waals surface area contributed by atoms with Gasteiger partial charge in [-0.05, 0) is 49.9 Å². The molecule has 2 N–H and O–H groups in total. The molecule has 4 atom stereocenters. The Balaban J connectivity index is 1.87. The van der Waals surface area contributed by atoms with Crippen LogP contribution in [0, 0.1) is 11.8 Å². The van der Waals surface area contributed by atoms with Gasteiger partial charge in [-0.3, -0.25) is 19.7 Å². The van der Waals surface area contributed by atoms with Crippen molar-refractivity contribution in [2.45, 2.75) is 79.6 Å². The van der Waals surface area contributed by atoms with Gasteiger partial charge in [0.1, 0.15) is 12.1 Å². The van der Waals surface area contributed by atoms with Crippen LogP contribution in [0.4, 0.5) is 9.18 Å². The number of likely N-dealkylation sites (tertiary alicyclic amines) is 1. The maximum absolute atomic E-state index is 14.6. The first-order chi connectivity index (χ1) is 20.7. The number of nitrogens with zero attached hydrogens (tertiary/aromatic N) is 2. The molecular weight excluding hydrogens is 571 g/mol. The van der Waals surface area contributed by atoms with E-state index in [0.29, 0.717) is 44.7 Å². The molecule has 11 nitrogen and oxygen atoms in total. The minimum absolute atomic E-state index is 0.0847. The minimum atomic E-state index is -1.69. The smallest absolute Gasteiger partial charge is 0.426 e. The second-order valence-electron chi connectivity index (χ2n) is 12.2. The maximum atomic E-state index is 14.6. The van der Waals surface area contributed by atoms with Gasteiger partial charge in [0.25, 0.3) is 11.8 Å². The van der Waals surface area contributed by atoms with Crippen LogP contribution in [0.3, 0.4) is 0 Å². The number of carbonyl (C=O) groups excluding carboxylic acids is 5. The van der Waals surface area contributed by atoms with E-state index >= 15 is 0 Å². The predicted molar refractivity (Wildman–Crippen MR) is 161 cm³/mol. The normalized spacial score (nSPS) is 22.2. The Hall–Kier alpha value is -3.64. The van der Waals surface area contributed by atoms with Crippen molar-refractivity contribution in [2.75, 3.05) is 32.8 Å². The van der Waals surface area contributed by atoms with Crippen LogP contribution in [-0.2, 0) is 19.1 Å². The molecule has 3 rings (SSSR count).